The normalized spacial score (nSPS) is 9.13. The molecule has 0 aliphatic heterocycles. The van der Waals surface area contributed by atoms with E-state index < -0.39 is 5.97 Å². The predicted octanol–water partition coefficient (Wildman–Crippen LogP) is 2.41. The highest BCUT2D eigenvalue weighted by molar-refractivity contribution is 5.86. The van der Waals surface area contributed by atoms with E-state index in [4.69, 9.17) is 5.11 Å². The van der Waals surface area contributed by atoms with Crippen molar-refractivity contribution >= 4 is 5.97 Å². The first kappa shape index (κ1) is 11.3. The van der Waals surface area contributed by atoms with Crippen molar-refractivity contribution in [3.05, 3.63) is 35.4 Å². The molecule has 1 aromatic carbocycles. The first-order valence-corrected chi connectivity index (χ1v) is 4.96. The zero-order valence-electron chi connectivity index (χ0n) is 8.79. The number of aryl methyl sites for hydroxylation is 2. The summed E-state index contributed by atoms with van der Waals surface area (Å²) in [6, 6.07) is 8.36. The third-order valence-electron chi connectivity index (χ3n) is 2.08. The molecule has 1 N–H and O–H groups in total. The monoisotopic (exact) mass is 202 g/mol. The molecule has 0 aliphatic carbocycles. The Morgan fingerprint density at radius 2 is 2.00 bits per heavy atom. The summed E-state index contributed by atoms with van der Waals surface area (Å²) in [5, 5.41) is 8.29. The molecule has 0 saturated heterocycles. The highest BCUT2D eigenvalue weighted by Gasteiger charge is 1.91. The Morgan fingerprint density at radius 3 is 2.60 bits per heavy atom. The van der Waals surface area contributed by atoms with Gasteiger partial charge in [0.25, 0.3) is 0 Å². The summed E-state index contributed by atoms with van der Waals surface area (Å²) in [5.41, 5.74) is 2.53. The van der Waals surface area contributed by atoms with Crippen LogP contribution in [0.15, 0.2) is 24.3 Å². The quantitative estimate of drug-likeness (QED) is 0.603. The first-order chi connectivity index (χ1) is 7.18. The number of carbonyl (C=O) groups is 1. The van der Waals surface area contributed by atoms with Gasteiger partial charge in [0.2, 0.25) is 0 Å². The highest BCUT2D eigenvalue weighted by atomic mass is 16.4. The molecule has 0 spiro atoms. The largest absolute Gasteiger partial charge is 0.472 e. The first-order valence-electron chi connectivity index (χ1n) is 4.96. The number of aliphatic carboxylic acids is 1. The maximum Gasteiger partial charge on any atom is 0.381 e. The molecule has 0 fully saturated rings. The van der Waals surface area contributed by atoms with Crippen LogP contribution in [0.1, 0.15) is 24.0 Å². The molecule has 0 atom stereocenters. The highest BCUT2D eigenvalue weighted by Crippen LogP contribution is 2.06. The Kier molecular flexibility index (Phi) is 4.43. The van der Waals surface area contributed by atoms with Crippen LogP contribution in [-0.2, 0) is 11.2 Å². The summed E-state index contributed by atoms with van der Waals surface area (Å²) in [6.45, 7) is 2.06. The molecule has 0 heterocycles. The number of carboxylic acid groups (broad SMARTS) is 1. The van der Waals surface area contributed by atoms with Gasteiger partial charge in [0.15, 0.2) is 0 Å². The smallest absolute Gasteiger partial charge is 0.381 e. The van der Waals surface area contributed by atoms with Gasteiger partial charge in [-0.05, 0) is 25.3 Å². The Labute approximate surface area is 89.9 Å². The van der Waals surface area contributed by atoms with Gasteiger partial charge in [0.05, 0.1) is 0 Å². The average molecular weight is 202 g/mol. The predicted molar refractivity (Wildman–Crippen MR) is 59.5 cm³/mol. The summed E-state index contributed by atoms with van der Waals surface area (Å²) < 4.78 is 0. The fourth-order valence-electron chi connectivity index (χ4n) is 1.27. The van der Waals surface area contributed by atoms with Crippen molar-refractivity contribution in [3.8, 4) is 11.8 Å². The van der Waals surface area contributed by atoms with E-state index in [0.29, 0.717) is 6.42 Å². The number of hydrogen-bond donors (Lipinski definition) is 1. The summed E-state index contributed by atoms with van der Waals surface area (Å²) in [6.07, 6.45) is 2.50. The van der Waals surface area contributed by atoms with Gasteiger partial charge in [-0.2, -0.15) is 0 Å². The number of rotatable bonds is 3. The van der Waals surface area contributed by atoms with E-state index in [-0.39, 0.29) is 0 Å². The van der Waals surface area contributed by atoms with Crippen LogP contribution in [0.3, 0.4) is 0 Å². The van der Waals surface area contributed by atoms with Crippen molar-refractivity contribution in [2.75, 3.05) is 0 Å². The third-order valence-corrected chi connectivity index (χ3v) is 2.08. The zero-order chi connectivity index (χ0) is 11.1. The van der Waals surface area contributed by atoms with E-state index in [1.54, 1.807) is 0 Å². The maximum absolute atomic E-state index is 10.1. The minimum absolute atomic E-state index is 0.639. The zero-order valence-corrected chi connectivity index (χ0v) is 8.79. The van der Waals surface area contributed by atoms with Crippen LogP contribution in [0.2, 0.25) is 0 Å². The molecular formula is C13H14O2. The topological polar surface area (TPSA) is 37.3 Å². The molecule has 0 radical (unpaired) electrons. The summed E-state index contributed by atoms with van der Waals surface area (Å²) in [7, 11) is 0. The van der Waals surface area contributed by atoms with Gasteiger partial charge in [-0.1, -0.05) is 35.7 Å². The van der Waals surface area contributed by atoms with Crippen LogP contribution in [0.5, 0.6) is 0 Å². The molecule has 0 aromatic heterocycles. The van der Waals surface area contributed by atoms with E-state index in [1.165, 1.54) is 11.1 Å². The molecule has 0 saturated carbocycles. The second-order valence-corrected chi connectivity index (χ2v) is 3.45. The van der Waals surface area contributed by atoms with Crippen molar-refractivity contribution in [1.29, 1.82) is 0 Å². The lowest BCUT2D eigenvalue weighted by atomic mass is 10.1. The third kappa shape index (κ3) is 4.87. The Morgan fingerprint density at radius 1 is 1.33 bits per heavy atom. The van der Waals surface area contributed by atoms with E-state index in [2.05, 4.69) is 43.0 Å². The van der Waals surface area contributed by atoms with Gasteiger partial charge in [0, 0.05) is 12.3 Å². The molecule has 0 unspecified atom stereocenters. The Bertz CT molecular complexity index is 379. The van der Waals surface area contributed by atoms with E-state index in [9.17, 15) is 4.79 Å². The van der Waals surface area contributed by atoms with Crippen LogP contribution in [-0.4, -0.2) is 11.1 Å². The van der Waals surface area contributed by atoms with Crippen LogP contribution >= 0.6 is 0 Å². The lowest BCUT2D eigenvalue weighted by Gasteiger charge is -1.99. The number of carboxylic acids is 1. The van der Waals surface area contributed by atoms with E-state index in [1.807, 2.05) is 0 Å². The molecule has 2 heteroatoms. The van der Waals surface area contributed by atoms with Crippen LogP contribution < -0.4 is 0 Å². The molecule has 1 aromatic rings. The number of benzene rings is 1. The number of unbranched alkanes of at least 4 members (excludes halogenated alkanes) is 1. The second kappa shape index (κ2) is 5.87. The van der Waals surface area contributed by atoms with Gasteiger partial charge < -0.3 is 5.11 Å². The lowest BCUT2D eigenvalue weighted by Crippen LogP contribution is -1.88. The lowest BCUT2D eigenvalue weighted by molar-refractivity contribution is -0.130. The minimum Gasteiger partial charge on any atom is -0.472 e. The van der Waals surface area contributed by atoms with Crippen molar-refractivity contribution < 1.29 is 9.90 Å². The van der Waals surface area contributed by atoms with Crippen LogP contribution in [0.4, 0.5) is 0 Å². The summed E-state index contributed by atoms with van der Waals surface area (Å²) in [5.74, 6) is 3.67. The van der Waals surface area contributed by atoms with Gasteiger partial charge in [-0.25, -0.2) is 4.79 Å². The molecule has 78 valence electrons. The van der Waals surface area contributed by atoms with Crippen molar-refractivity contribution in [1.82, 2.24) is 0 Å². The SMILES string of the molecule is Cc1ccc(CCCC#CC(=O)O)cc1. The van der Waals surface area contributed by atoms with Crippen molar-refractivity contribution in [2.45, 2.75) is 26.2 Å². The summed E-state index contributed by atoms with van der Waals surface area (Å²) in [4.78, 5) is 10.1. The van der Waals surface area contributed by atoms with Gasteiger partial charge in [0.1, 0.15) is 0 Å². The van der Waals surface area contributed by atoms with E-state index in [0.717, 1.165) is 12.8 Å². The Hall–Kier alpha value is -1.75. The van der Waals surface area contributed by atoms with Crippen molar-refractivity contribution in [2.24, 2.45) is 0 Å². The van der Waals surface area contributed by atoms with E-state index >= 15 is 0 Å². The average Bonchev–Trinajstić information content (AvgIpc) is 2.20. The summed E-state index contributed by atoms with van der Waals surface area (Å²) >= 11 is 0. The van der Waals surface area contributed by atoms with Crippen molar-refractivity contribution in [3.63, 3.8) is 0 Å². The fourth-order valence-corrected chi connectivity index (χ4v) is 1.27. The molecular weight excluding hydrogens is 188 g/mol. The van der Waals surface area contributed by atoms with Gasteiger partial charge in [-0.15, -0.1) is 0 Å². The van der Waals surface area contributed by atoms with Gasteiger partial charge >= 0.3 is 5.97 Å². The second-order valence-electron chi connectivity index (χ2n) is 3.45. The molecule has 1 rings (SSSR count). The number of hydrogen-bond acceptors (Lipinski definition) is 1. The molecule has 0 amide bonds. The maximum atomic E-state index is 10.1. The molecule has 0 aliphatic rings. The Balaban J connectivity index is 2.30. The standard InChI is InChI=1S/C13H14O2/c1-11-7-9-12(10-8-11)5-3-2-4-6-13(14)15/h7-10H,2-3,5H2,1H3,(H,14,15). The molecule has 2 nitrogen and oxygen atoms in total. The molecule has 0 bridgehead atoms. The minimum atomic E-state index is -1.05. The van der Waals surface area contributed by atoms with Gasteiger partial charge in [-0.3, -0.25) is 0 Å². The van der Waals surface area contributed by atoms with Crippen LogP contribution in [0.25, 0.3) is 0 Å². The van der Waals surface area contributed by atoms with Crippen LogP contribution in [0, 0.1) is 18.8 Å². The fraction of sp³-hybridized carbons (Fsp3) is 0.308. The molecule has 15 heavy (non-hydrogen) atoms.